The Labute approximate surface area is 108 Å². The zero-order chi connectivity index (χ0) is 13.4. The van der Waals surface area contributed by atoms with Crippen LogP contribution in [0.4, 0.5) is 0 Å². The first kappa shape index (κ1) is 14.5. The van der Waals surface area contributed by atoms with E-state index in [1.165, 1.54) is 0 Å². The van der Waals surface area contributed by atoms with Crippen LogP contribution in [0.2, 0.25) is 0 Å². The fourth-order valence-corrected chi connectivity index (χ4v) is 1.41. The summed E-state index contributed by atoms with van der Waals surface area (Å²) in [6.07, 6.45) is 0.0667. The summed E-state index contributed by atoms with van der Waals surface area (Å²) in [4.78, 5) is 11.5. The van der Waals surface area contributed by atoms with Crippen LogP contribution in [0.25, 0.3) is 0 Å². The van der Waals surface area contributed by atoms with E-state index in [1.807, 2.05) is 45.0 Å². The molecule has 0 spiro atoms. The van der Waals surface area contributed by atoms with E-state index in [4.69, 9.17) is 9.47 Å². The highest BCUT2D eigenvalue weighted by atomic mass is 16.5. The summed E-state index contributed by atoms with van der Waals surface area (Å²) in [5.74, 6) is 0.716. The molecule has 0 fully saturated rings. The Kier molecular flexibility index (Phi) is 6.22. The maximum absolute atomic E-state index is 11.5. The average Bonchev–Trinajstić information content (AvgIpc) is 2.35. The van der Waals surface area contributed by atoms with Gasteiger partial charge >= 0.3 is 0 Å². The van der Waals surface area contributed by atoms with Gasteiger partial charge in [-0.3, -0.25) is 4.79 Å². The molecule has 1 N–H and O–H groups in total. The molecular weight excluding hydrogens is 230 g/mol. The predicted octanol–water partition coefficient (Wildman–Crippen LogP) is 2.13. The van der Waals surface area contributed by atoms with Gasteiger partial charge in [0.1, 0.15) is 12.4 Å². The Hall–Kier alpha value is -1.55. The minimum atomic E-state index is -0.106. The number of carbonyl (C=O) groups excluding carboxylic acids is 1. The Bertz CT molecular complexity index is 377. The van der Waals surface area contributed by atoms with E-state index in [0.29, 0.717) is 13.2 Å². The van der Waals surface area contributed by atoms with E-state index in [-0.39, 0.29) is 18.6 Å². The molecule has 0 aliphatic heterocycles. The molecule has 0 saturated heterocycles. The topological polar surface area (TPSA) is 47.6 Å². The second-order valence-electron chi connectivity index (χ2n) is 4.22. The molecule has 1 aromatic carbocycles. The van der Waals surface area contributed by atoms with Crippen molar-refractivity contribution < 1.29 is 14.3 Å². The maximum atomic E-state index is 11.5. The number of nitrogens with one attached hydrogen (secondary N) is 1. The first-order valence-corrected chi connectivity index (χ1v) is 6.22. The standard InChI is InChI=1S/C14H21NO3/c1-4-17-13-7-5-6-12(8-13)9-15-14(16)10-18-11(2)3/h5-8,11H,4,9-10H2,1-3H3,(H,15,16). The minimum Gasteiger partial charge on any atom is -0.494 e. The Morgan fingerprint density at radius 2 is 2.17 bits per heavy atom. The molecule has 4 nitrogen and oxygen atoms in total. The molecule has 0 unspecified atom stereocenters. The van der Waals surface area contributed by atoms with Crippen LogP contribution in [0.3, 0.4) is 0 Å². The normalized spacial score (nSPS) is 10.4. The van der Waals surface area contributed by atoms with Gasteiger partial charge in [-0.1, -0.05) is 12.1 Å². The van der Waals surface area contributed by atoms with Gasteiger partial charge in [-0.15, -0.1) is 0 Å². The van der Waals surface area contributed by atoms with E-state index < -0.39 is 0 Å². The average molecular weight is 251 g/mol. The van der Waals surface area contributed by atoms with Crippen molar-refractivity contribution in [3.05, 3.63) is 29.8 Å². The lowest BCUT2D eigenvalue weighted by atomic mass is 10.2. The third kappa shape index (κ3) is 5.68. The lowest BCUT2D eigenvalue weighted by molar-refractivity contribution is -0.127. The second-order valence-corrected chi connectivity index (χ2v) is 4.22. The number of ether oxygens (including phenoxy) is 2. The fraction of sp³-hybridized carbons (Fsp3) is 0.500. The molecule has 100 valence electrons. The van der Waals surface area contributed by atoms with Crippen LogP contribution in [-0.2, 0) is 16.1 Å². The van der Waals surface area contributed by atoms with Gasteiger partial charge in [0.15, 0.2) is 0 Å². The summed E-state index contributed by atoms with van der Waals surface area (Å²) >= 11 is 0. The van der Waals surface area contributed by atoms with Gasteiger partial charge in [-0.25, -0.2) is 0 Å². The summed E-state index contributed by atoms with van der Waals surface area (Å²) in [7, 11) is 0. The molecule has 1 amide bonds. The van der Waals surface area contributed by atoms with Crippen molar-refractivity contribution in [2.75, 3.05) is 13.2 Å². The van der Waals surface area contributed by atoms with E-state index in [0.717, 1.165) is 11.3 Å². The molecule has 0 saturated carbocycles. The maximum Gasteiger partial charge on any atom is 0.246 e. The highest BCUT2D eigenvalue weighted by Gasteiger charge is 2.03. The Balaban J connectivity index is 2.38. The summed E-state index contributed by atoms with van der Waals surface area (Å²) in [5, 5.41) is 2.80. The molecule has 0 aliphatic rings. The van der Waals surface area contributed by atoms with Gasteiger partial charge in [0.2, 0.25) is 5.91 Å². The predicted molar refractivity (Wildman–Crippen MR) is 70.5 cm³/mol. The van der Waals surface area contributed by atoms with Crippen molar-refractivity contribution in [2.45, 2.75) is 33.4 Å². The zero-order valence-corrected chi connectivity index (χ0v) is 11.2. The van der Waals surface area contributed by atoms with Gasteiger partial charge in [0.05, 0.1) is 12.7 Å². The van der Waals surface area contributed by atoms with Crippen LogP contribution in [-0.4, -0.2) is 25.2 Å². The largest absolute Gasteiger partial charge is 0.494 e. The smallest absolute Gasteiger partial charge is 0.246 e. The van der Waals surface area contributed by atoms with Crippen molar-refractivity contribution in [1.29, 1.82) is 0 Å². The van der Waals surface area contributed by atoms with E-state index >= 15 is 0 Å². The quantitative estimate of drug-likeness (QED) is 0.807. The van der Waals surface area contributed by atoms with Crippen molar-refractivity contribution in [2.24, 2.45) is 0 Å². The highest BCUT2D eigenvalue weighted by molar-refractivity contribution is 5.77. The third-order valence-corrected chi connectivity index (χ3v) is 2.25. The zero-order valence-electron chi connectivity index (χ0n) is 11.2. The Morgan fingerprint density at radius 3 is 2.83 bits per heavy atom. The van der Waals surface area contributed by atoms with Crippen molar-refractivity contribution in [3.63, 3.8) is 0 Å². The fourth-order valence-electron chi connectivity index (χ4n) is 1.41. The number of carbonyl (C=O) groups is 1. The first-order chi connectivity index (χ1) is 8.61. The van der Waals surface area contributed by atoms with E-state index in [1.54, 1.807) is 0 Å². The van der Waals surface area contributed by atoms with Crippen LogP contribution in [0, 0.1) is 0 Å². The molecule has 0 aromatic heterocycles. The number of hydrogen-bond donors (Lipinski definition) is 1. The minimum absolute atomic E-state index is 0.0667. The van der Waals surface area contributed by atoms with Crippen molar-refractivity contribution >= 4 is 5.91 Å². The van der Waals surface area contributed by atoms with Crippen LogP contribution in [0.5, 0.6) is 5.75 Å². The molecule has 18 heavy (non-hydrogen) atoms. The van der Waals surface area contributed by atoms with Crippen molar-refractivity contribution in [1.82, 2.24) is 5.32 Å². The highest BCUT2D eigenvalue weighted by Crippen LogP contribution is 2.12. The molecule has 4 heteroatoms. The summed E-state index contributed by atoms with van der Waals surface area (Å²) in [6.45, 7) is 6.97. The van der Waals surface area contributed by atoms with Crippen LogP contribution < -0.4 is 10.1 Å². The number of benzene rings is 1. The number of rotatable bonds is 7. The molecule has 0 bridgehead atoms. The lowest BCUT2D eigenvalue weighted by Gasteiger charge is -2.09. The van der Waals surface area contributed by atoms with Gasteiger partial charge in [-0.05, 0) is 38.5 Å². The van der Waals surface area contributed by atoms with Gasteiger partial charge < -0.3 is 14.8 Å². The molecule has 0 heterocycles. The van der Waals surface area contributed by atoms with E-state index in [9.17, 15) is 4.79 Å². The van der Waals surface area contributed by atoms with Crippen molar-refractivity contribution in [3.8, 4) is 5.75 Å². The molecule has 0 atom stereocenters. The summed E-state index contributed by atoms with van der Waals surface area (Å²) in [6, 6.07) is 7.69. The summed E-state index contributed by atoms with van der Waals surface area (Å²) < 4.78 is 10.6. The first-order valence-electron chi connectivity index (χ1n) is 6.22. The molecule has 1 rings (SSSR count). The van der Waals surface area contributed by atoms with Gasteiger partial charge in [0, 0.05) is 6.54 Å². The van der Waals surface area contributed by atoms with Gasteiger partial charge in [-0.2, -0.15) is 0 Å². The Morgan fingerprint density at radius 1 is 1.39 bits per heavy atom. The molecular formula is C14H21NO3. The molecule has 0 aliphatic carbocycles. The van der Waals surface area contributed by atoms with Crippen LogP contribution in [0.1, 0.15) is 26.3 Å². The third-order valence-electron chi connectivity index (χ3n) is 2.25. The number of amides is 1. The monoisotopic (exact) mass is 251 g/mol. The number of hydrogen-bond acceptors (Lipinski definition) is 3. The van der Waals surface area contributed by atoms with Crippen LogP contribution in [0.15, 0.2) is 24.3 Å². The SMILES string of the molecule is CCOc1cccc(CNC(=O)COC(C)C)c1. The summed E-state index contributed by atoms with van der Waals surface area (Å²) in [5.41, 5.74) is 1.01. The lowest BCUT2D eigenvalue weighted by Crippen LogP contribution is -2.28. The second kappa shape index (κ2) is 7.71. The van der Waals surface area contributed by atoms with Crippen LogP contribution >= 0.6 is 0 Å². The molecule has 0 radical (unpaired) electrons. The van der Waals surface area contributed by atoms with Gasteiger partial charge in [0.25, 0.3) is 0 Å². The van der Waals surface area contributed by atoms with E-state index in [2.05, 4.69) is 5.32 Å². The molecule has 1 aromatic rings.